The number of fused-ring (bicyclic) bond motifs is 1. The van der Waals surface area contributed by atoms with Gasteiger partial charge in [-0.2, -0.15) is 0 Å². The summed E-state index contributed by atoms with van der Waals surface area (Å²) in [7, 11) is 2.12. The normalized spacial score (nSPS) is 28.9. The van der Waals surface area contributed by atoms with Gasteiger partial charge in [-0.1, -0.05) is 24.3 Å². The first-order chi connectivity index (χ1) is 9.74. The number of nitrogens with two attached hydrogens (primary N) is 1. The molecule has 20 heavy (non-hydrogen) atoms. The van der Waals surface area contributed by atoms with Crippen LogP contribution in [0.3, 0.4) is 0 Å². The third kappa shape index (κ3) is 3.04. The predicted molar refractivity (Wildman–Crippen MR) is 78.7 cm³/mol. The number of hydrogen-bond acceptors (Lipinski definition) is 4. The average Bonchev–Trinajstić information content (AvgIpc) is 2.47. The molecule has 0 amide bonds. The van der Waals surface area contributed by atoms with Crippen LogP contribution >= 0.6 is 0 Å². The Morgan fingerprint density at radius 2 is 2.15 bits per heavy atom. The van der Waals surface area contributed by atoms with Crippen molar-refractivity contribution in [2.24, 2.45) is 5.73 Å². The van der Waals surface area contributed by atoms with Gasteiger partial charge < -0.3 is 20.1 Å². The van der Waals surface area contributed by atoms with Crippen LogP contribution in [0.2, 0.25) is 0 Å². The molecule has 1 aromatic rings. The van der Waals surface area contributed by atoms with Gasteiger partial charge in [0, 0.05) is 19.1 Å². The minimum atomic E-state index is 0.0221. The summed E-state index contributed by atoms with van der Waals surface area (Å²) in [5, 5.41) is 0. The van der Waals surface area contributed by atoms with Crippen LogP contribution in [-0.4, -0.2) is 50.4 Å². The first-order valence-corrected chi connectivity index (χ1v) is 7.49. The molecule has 1 fully saturated rings. The van der Waals surface area contributed by atoms with E-state index in [1.54, 1.807) is 0 Å². The summed E-state index contributed by atoms with van der Waals surface area (Å²) < 4.78 is 11.8. The van der Waals surface area contributed by atoms with Gasteiger partial charge in [0.1, 0.15) is 0 Å². The second-order valence-electron chi connectivity index (χ2n) is 5.88. The Morgan fingerprint density at radius 1 is 1.30 bits per heavy atom. The Balaban J connectivity index is 1.66. The lowest BCUT2D eigenvalue weighted by molar-refractivity contribution is -0.0473. The zero-order valence-corrected chi connectivity index (χ0v) is 12.1. The Bertz CT molecular complexity index is 452. The van der Waals surface area contributed by atoms with Crippen LogP contribution in [0.25, 0.3) is 0 Å². The lowest BCUT2D eigenvalue weighted by atomic mass is 9.92. The number of nitrogens with zero attached hydrogens (tertiary/aromatic N) is 1. The van der Waals surface area contributed by atoms with Gasteiger partial charge in [-0.25, -0.2) is 0 Å². The van der Waals surface area contributed by atoms with Gasteiger partial charge in [0.15, 0.2) is 0 Å². The lowest BCUT2D eigenvalue weighted by Gasteiger charge is -2.36. The zero-order valence-electron chi connectivity index (χ0n) is 12.1. The molecule has 2 N–H and O–H groups in total. The Labute approximate surface area is 120 Å². The summed E-state index contributed by atoms with van der Waals surface area (Å²) >= 11 is 0. The van der Waals surface area contributed by atoms with E-state index in [-0.39, 0.29) is 18.2 Å². The van der Waals surface area contributed by atoms with Crippen molar-refractivity contribution in [3.63, 3.8) is 0 Å². The molecule has 0 spiro atoms. The molecule has 0 bridgehead atoms. The van der Waals surface area contributed by atoms with E-state index >= 15 is 0 Å². The van der Waals surface area contributed by atoms with Gasteiger partial charge in [-0.05, 0) is 31.0 Å². The van der Waals surface area contributed by atoms with Crippen molar-refractivity contribution in [3.05, 3.63) is 35.4 Å². The topological polar surface area (TPSA) is 47.7 Å². The molecule has 110 valence electrons. The maximum atomic E-state index is 6.37. The van der Waals surface area contributed by atoms with Gasteiger partial charge in [0.25, 0.3) is 0 Å². The fourth-order valence-electron chi connectivity index (χ4n) is 3.14. The molecule has 1 aromatic carbocycles. The molecule has 3 unspecified atom stereocenters. The van der Waals surface area contributed by atoms with E-state index in [4.69, 9.17) is 15.2 Å². The predicted octanol–water partition coefficient (Wildman–Crippen LogP) is 1.35. The van der Waals surface area contributed by atoms with Crippen LogP contribution in [-0.2, 0) is 15.9 Å². The third-order valence-corrected chi connectivity index (χ3v) is 4.35. The molecule has 0 aliphatic carbocycles. The molecule has 3 atom stereocenters. The molecule has 2 heterocycles. The maximum Gasteiger partial charge on any atom is 0.0854 e. The summed E-state index contributed by atoms with van der Waals surface area (Å²) in [6.45, 7) is 3.47. The monoisotopic (exact) mass is 276 g/mol. The van der Waals surface area contributed by atoms with Gasteiger partial charge >= 0.3 is 0 Å². The SMILES string of the molecule is CN1CCOC(C(N)CC2OCCc3ccccc32)C1. The quantitative estimate of drug-likeness (QED) is 0.905. The molecule has 0 radical (unpaired) electrons. The molecule has 0 saturated carbocycles. The summed E-state index contributed by atoms with van der Waals surface area (Å²) in [6.07, 6.45) is 2.07. The first-order valence-electron chi connectivity index (χ1n) is 7.49. The van der Waals surface area contributed by atoms with Crippen molar-refractivity contribution in [1.82, 2.24) is 4.90 Å². The summed E-state index contributed by atoms with van der Waals surface area (Å²) in [4.78, 5) is 2.28. The van der Waals surface area contributed by atoms with E-state index in [0.717, 1.165) is 39.1 Å². The fourth-order valence-corrected chi connectivity index (χ4v) is 3.14. The first kappa shape index (κ1) is 14.0. The van der Waals surface area contributed by atoms with Gasteiger partial charge in [0.05, 0.1) is 25.4 Å². The summed E-state index contributed by atoms with van der Waals surface area (Å²) in [6, 6.07) is 8.56. The van der Waals surface area contributed by atoms with Crippen molar-refractivity contribution in [1.29, 1.82) is 0 Å². The minimum absolute atomic E-state index is 0.0221. The van der Waals surface area contributed by atoms with Crippen molar-refractivity contribution in [3.8, 4) is 0 Å². The highest BCUT2D eigenvalue weighted by Gasteiger charge is 2.29. The third-order valence-electron chi connectivity index (χ3n) is 4.35. The smallest absolute Gasteiger partial charge is 0.0854 e. The van der Waals surface area contributed by atoms with Crippen LogP contribution in [0.4, 0.5) is 0 Å². The van der Waals surface area contributed by atoms with Crippen molar-refractivity contribution in [2.45, 2.75) is 31.1 Å². The number of rotatable bonds is 3. The standard InChI is InChI=1S/C16H24N2O2/c1-18-7-9-20-16(11-18)14(17)10-15-13-5-3-2-4-12(13)6-8-19-15/h2-5,14-16H,6-11,17H2,1H3. The highest BCUT2D eigenvalue weighted by molar-refractivity contribution is 5.31. The van der Waals surface area contributed by atoms with Crippen LogP contribution in [0, 0.1) is 0 Å². The average molecular weight is 276 g/mol. The van der Waals surface area contributed by atoms with Crippen LogP contribution in [0.15, 0.2) is 24.3 Å². The molecule has 2 aliphatic rings. The largest absolute Gasteiger partial charge is 0.374 e. The van der Waals surface area contributed by atoms with E-state index in [1.807, 2.05) is 0 Å². The number of benzene rings is 1. The molecule has 3 rings (SSSR count). The molecular formula is C16H24N2O2. The number of ether oxygens (including phenoxy) is 2. The minimum Gasteiger partial charge on any atom is -0.374 e. The number of likely N-dealkylation sites (N-methyl/N-ethyl adjacent to an activating group) is 1. The van der Waals surface area contributed by atoms with Crippen LogP contribution in [0.5, 0.6) is 0 Å². The Kier molecular flexibility index (Phi) is 4.36. The number of morpholine rings is 1. The fraction of sp³-hybridized carbons (Fsp3) is 0.625. The van der Waals surface area contributed by atoms with E-state index < -0.39 is 0 Å². The zero-order chi connectivity index (χ0) is 13.9. The Hall–Kier alpha value is -0.940. The Morgan fingerprint density at radius 3 is 3.00 bits per heavy atom. The van der Waals surface area contributed by atoms with Gasteiger partial charge in [0.2, 0.25) is 0 Å². The maximum absolute atomic E-state index is 6.37. The lowest BCUT2D eigenvalue weighted by Crippen LogP contribution is -2.50. The molecule has 0 aromatic heterocycles. The second kappa shape index (κ2) is 6.22. The van der Waals surface area contributed by atoms with Crippen LogP contribution in [0.1, 0.15) is 23.7 Å². The van der Waals surface area contributed by atoms with E-state index in [0.29, 0.717) is 0 Å². The van der Waals surface area contributed by atoms with E-state index in [9.17, 15) is 0 Å². The van der Waals surface area contributed by atoms with Gasteiger partial charge in [-0.3, -0.25) is 0 Å². The van der Waals surface area contributed by atoms with Gasteiger partial charge in [-0.15, -0.1) is 0 Å². The summed E-state index contributed by atoms with van der Waals surface area (Å²) in [5.74, 6) is 0. The summed E-state index contributed by atoms with van der Waals surface area (Å²) in [5.41, 5.74) is 9.07. The molecular weight excluding hydrogens is 252 g/mol. The number of hydrogen-bond donors (Lipinski definition) is 1. The molecule has 1 saturated heterocycles. The second-order valence-corrected chi connectivity index (χ2v) is 5.88. The highest BCUT2D eigenvalue weighted by Crippen LogP contribution is 2.31. The molecule has 4 heteroatoms. The highest BCUT2D eigenvalue weighted by atomic mass is 16.5. The van der Waals surface area contributed by atoms with E-state index in [2.05, 4.69) is 36.2 Å². The van der Waals surface area contributed by atoms with Crippen molar-refractivity contribution in [2.75, 3.05) is 33.4 Å². The van der Waals surface area contributed by atoms with Crippen molar-refractivity contribution < 1.29 is 9.47 Å². The van der Waals surface area contributed by atoms with Crippen molar-refractivity contribution >= 4 is 0 Å². The van der Waals surface area contributed by atoms with E-state index in [1.165, 1.54) is 11.1 Å². The molecule has 4 nitrogen and oxygen atoms in total. The molecule has 2 aliphatic heterocycles. The van der Waals surface area contributed by atoms with Crippen LogP contribution < -0.4 is 5.73 Å².